The van der Waals surface area contributed by atoms with Crippen molar-refractivity contribution in [2.45, 2.75) is 6.42 Å². The Morgan fingerprint density at radius 2 is 2.21 bits per heavy atom. The van der Waals surface area contributed by atoms with Crippen molar-refractivity contribution in [1.82, 2.24) is 0 Å². The Morgan fingerprint density at radius 3 is 2.86 bits per heavy atom. The summed E-state index contributed by atoms with van der Waals surface area (Å²) in [6.45, 7) is 0. The molecule has 0 aromatic heterocycles. The fourth-order valence-electron chi connectivity index (χ4n) is 1.57. The third-order valence-electron chi connectivity index (χ3n) is 2.19. The largest absolute Gasteiger partial charge is 0.478 e. The maximum atomic E-state index is 13.0. The normalized spacial score (nSPS) is 13.7. The van der Waals surface area contributed by atoms with Crippen LogP contribution in [0.15, 0.2) is 22.7 Å². The molecule has 0 spiro atoms. The van der Waals surface area contributed by atoms with Crippen LogP contribution in [0.4, 0.5) is 4.39 Å². The zero-order chi connectivity index (χ0) is 10.3. The van der Waals surface area contributed by atoms with Gasteiger partial charge in [-0.3, -0.25) is 0 Å². The number of hydrogen-bond donors (Lipinski definition) is 1. The number of aliphatic carboxylic acids is 1. The van der Waals surface area contributed by atoms with Crippen molar-refractivity contribution in [3.63, 3.8) is 0 Å². The molecule has 4 heteroatoms. The lowest BCUT2D eigenvalue weighted by Crippen LogP contribution is -1.98. The molecule has 0 atom stereocenters. The molecule has 0 aliphatic heterocycles. The molecule has 0 amide bonds. The van der Waals surface area contributed by atoms with Crippen molar-refractivity contribution in [2.75, 3.05) is 0 Å². The fraction of sp³-hybridized carbons (Fsp3) is 0.100. The number of benzene rings is 1. The van der Waals surface area contributed by atoms with Gasteiger partial charge in [-0.05, 0) is 29.7 Å². The molecular weight excluding hydrogens is 251 g/mol. The van der Waals surface area contributed by atoms with Gasteiger partial charge in [0.2, 0.25) is 0 Å². The molecule has 0 heterocycles. The number of carboxylic acids is 1. The van der Waals surface area contributed by atoms with Crippen molar-refractivity contribution in [1.29, 1.82) is 0 Å². The molecule has 2 rings (SSSR count). The molecule has 1 aromatic carbocycles. The second-order valence-electron chi connectivity index (χ2n) is 3.04. The molecule has 72 valence electrons. The highest BCUT2D eigenvalue weighted by molar-refractivity contribution is 9.10. The standard InChI is InChI=1S/C10H6BrFO2/c11-9-4-5(12)3-8-6(9)1-2-7(8)10(13)14/h2-4H,1H2,(H,13,14). The lowest BCUT2D eigenvalue weighted by molar-refractivity contribution is -0.130. The van der Waals surface area contributed by atoms with E-state index in [1.807, 2.05) is 0 Å². The Balaban J connectivity index is 2.61. The zero-order valence-electron chi connectivity index (χ0n) is 7.05. The summed E-state index contributed by atoms with van der Waals surface area (Å²) in [7, 11) is 0. The Hall–Kier alpha value is -1.16. The van der Waals surface area contributed by atoms with E-state index in [0.717, 1.165) is 5.56 Å². The summed E-state index contributed by atoms with van der Waals surface area (Å²) in [6, 6.07) is 2.60. The van der Waals surface area contributed by atoms with Gasteiger partial charge in [-0.25, -0.2) is 9.18 Å². The van der Waals surface area contributed by atoms with Gasteiger partial charge in [0.25, 0.3) is 0 Å². The molecule has 1 aliphatic rings. The van der Waals surface area contributed by atoms with Gasteiger partial charge in [0.1, 0.15) is 5.82 Å². The van der Waals surface area contributed by atoms with Crippen LogP contribution in [0.5, 0.6) is 0 Å². The van der Waals surface area contributed by atoms with Crippen molar-refractivity contribution in [3.8, 4) is 0 Å². The lowest BCUT2D eigenvalue weighted by atomic mass is 10.1. The van der Waals surface area contributed by atoms with E-state index in [-0.39, 0.29) is 5.57 Å². The van der Waals surface area contributed by atoms with E-state index in [9.17, 15) is 9.18 Å². The first-order chi connectivity index (χ1) is 6.59. The highest BCUT2D eigenvalue weighted by Crippen LogP contribution is 2.33. The van der Waals surface area contributed by atoms with Gasteiger partial charge < -0.3 is 5.11 Å². The molecular formula is C10H6BrFO2. The number of halogens is 2. The molecule has 0 saturated heterocycles. The summed E-state index contributed by atoms with van der Waals surface area (Å²) in [5.41, 5.74) is 1.49. The number of hydrogen-bond acceptors (Lipinski definition) is 1. The van der Waals surface area contributed by atoms with Gasteiger partial charge in [0.15, 0.2) is 0 Å². The Bertz CT molecular complexity index is 452. The summed E-state index contributed by atoms with van der Waals surface area (Å²) in [5.74, 6) is -1.44. The van der Waals surface area contributed by atoms with Crippen molar-refractivity contribution in [2.24, 2.45) is 0 Å². The molecule has 1 aromatic rings. The summed E-state index contributed by atoms with van der Waals surface area (Å²) in [5, 5.41) is 8.84. The van der Waals surface area contributed by atoms with Crippen LogP contribution in [-0.4, -0.2) is 11.1 Å². The molecule has 2 nitrogen and oxygen atoms in total. The van der Waals surface area contributed by atoms with Crippen LogP contribution in [-0.2, 0) is 11.2 Å². The first kappa shape index (κ1) is 9.40. The minimum absolute atomic E-state index is 0.181. The van der Waals surface area contributed by atoms with Crippen molar-refractivity contribution in [3.05, 3.63) is 39.6 Å². The molecule has 0 saturated carbocycles. The third-order valence-corrected chi connectivity index (χ3v) is 2.90. The van der Waals surface area contributed by atoms with E-state index < -0.39 is 11.8 Å². The van der Waals surface area contributed by atoms with Crippen molar-refractivity contribution >= 4 is 27.5 Å². The minimum Gasteiger partial charge on any atom is -0.478 e. The van der Waals surface area contributed by atoms with E-state index in [4.69, 9.17) is 5.11 Å². The van der Waals surface area contributed by atoms with Crippen LogP contribution in [0, 0.1) is 5.82 Å². The predicted octanol–water partition coefficient (Wildman–Crippen LogP) is 2.61. The first-order valence-electron chi connectivity index (χ1n) is 4.01. The summed E-state index contributed by atoms with van der Waals surface area (Å²) < 4.78 is 13.6. The topological polar surface area (TPSA) is 37.3 Å². The molecule has 0 bridgehead atoms. The predicted molar refractivity (Wildman–Crippen MR) is 53.4 cm³/mol. The van der Waals surface area contributed by atoms with Gasteiger partial charge >= 0.3 is 5.97 Å². The second-order valence-corrected chi connectivity index (χ2v) is 3.90. The maximum Gasteiger partial charge on any atom is 0.335 e. The molecule has 14 heavy (non-hydrogen) atoms. The van der Waals surface area contributed by atoms with E-state index >= 15 is 0 Å². The molecule has 1 N–H and O–H groups in total. The Labute approximate surface area is 88.2 Å². The van der Waals surface area contributed by atoms with Crippen LogP contribution in [0.2, 0.25) is 0 Å². The van der Waals surface area contributed by atoms with Crippen LogP contribution in [0.1, 0.15) is 11.1 Å². The van der Waals surface area contributed by atoms with Crippen LogP contribution in [0.3, 0.4) is 0 Å². The lowest BCUT2D eigenvalue weighted by Gasteiger charge is -2.04. The molecule has 0 radical (unpaired) electrons. The number of carbonyl (C=O) groups is 1. The monoisotopic (exact) mass is 256 g/mol. The number of rotatable bonds is 1. The zero-order valence-corrected chi connectivity index (χ0v) is 8.64. The third kappa shape index (κ3) is 1.35. The maximum absolute atomic E-state index is 13.0. The van der Waals surface area contributed by atoms with Gasteiger partial charge in [0.05, 0.1) is 5.57 Å². The fourth-order valence-corrected chi connectivity index (χ4v) is 2.16. The summed E-state index contributed by atoms with van der Waals surface area (Å²) >= 11 is 3.21. The summed E-state index contributed by atoms with van der Waals surface area (Å²) in [4.78, 5) is 10.8. The Kier molecular flexibility index (Phi) is 2.15. The highest BCUT2D eigenvalue weighted by atomic mass is 79.9. The van der Waals surface area contributed by atoms with Gasteiger partial charge in [-0.2, -0.15) is 0 Å². The molecule has 1 aliphatic carbocycles. The van der Waals surface area contributed by atoms with Crippen LogP contribution >= 0.6 is 15.9 Å². The van der Waals surface area contributed by atoms with Gasteiger partial charge in [-0.15, -0.1) is 0 Å². The average Bonchev–Trinajstić information content (AvgIpc) is 2.47. The average molecular weight is 257 g/mol. The van der Waals surface area contributed by atoms with E-state index in [1.165, 1.54) is 12.1 Å². The van der Waals surface area contributed by atoms with Gasteiger partial charge in [0, 0.05) is 4.47 Å². The van der Waals surface area contributed by atoms with E-state index in [1.54, 1.807) is 6.08 Å². The van der Waals surface area contributed by atoms with Crippen LogP contribution < -0.4 is 0 Å². The minimum atomic E-state index is -1.01. The first-order valence-corrected chi connectivity index (χ1v) is 4.80. The highest BCUT2D eigenvalue weighted by Gasteiger charge is 2.22. The Morgan fingerprint density at radius 1 is 1.50 bits per heavy atom. The smallest absolute Gasteiger partial charge is 0.335 e. The number of fused-ring (bicyclic) bond motifs is 1. The molecule has 0 unspecified atom stereocenters. The van der Waals surface area contributed by atoms with Crippen molar-refractivity contribution < 1.29 is 14.3 Å². The van der Waals surface area contributed by atoms with Crippen LogP contribution in [0.25, 0.3) is 5.57 Å². The summed E-state index contributed by atoms with van der Waals surface area (Å²) in [6.07, 6.45) is 2.13. The van der Waals surface area contributed by atoms with E-state index in [0.29, 0.717) is 16.5 Å². The van der Waals surface area contributed by atoms with Gasteiger partial charge in [-0.1, -0.05) is 22.0 Å². The number of carboxylic acid groups (broad SMARTS) is 1. The quantitative estimate of drug-likeness (QED) is 0.839. The second kappa shape index (κ2) is 3.20. The SMILES string of the molecule is O=C(O)C1=CCc2c(Br)cc(F)cc21. The number of allylic oxidation sites excluding steroid dienone is 1. The van der Waals surface area contributed by atoms with E-state index in [2.05, 4.69) is 15.9 Å². The molecule has 0 fully saturated rings.